The fourth-order valence-corrected chi connectivity index (χ4v) is 4.47. The normalized spacial score (nSPS) is 11.4. The number of hydrogen-bond donors (Lipinski definition) is 0. The fraction of sp³-hybridized carbons (Fsp3) is 0.290. The quantitative estimate of drug-likeness (QED) is 0.165. The molecule has 40 heavy (non-hydrogen) atoms. The van der Waals surface area contributed by atoms with Crippen LogP contribution >= 0.6 is 11.6 Å². The van der Waals surface area contributed by atoms with E-state index in [1.54, 1.807) is 43.3 Å². The maximum Gasteiger partial charge on any atom is 0.344 e. The number of hydrogen-bond acceptors (Lipinski definition) is 7. The van der Waals surface area contributed by atoms with Crippen LogP contribution in [0.5, 0.6) is 11.5 Å². The minimum atomic E-state index is -0.496. The number of esters is 1. The average molecular weight is 562 g/mol. The standard InChI is InChI=1S/C31H32ClN3O5/c1-6-38-28-14-20(5)25(16-24(28)19(3)4)30-34-26-11-9-8-10-23(26)31(37)35(30)33-17-21-15-22(32)12-13-27(21)40-18-29(36)39-7-2/h8-17,19H,6-7,18H2,1-5H3. The van der Waals surface area contributed by atoms with E-state index in [1.165, 1.54) is 10.9 Å². The summed E-state index contributed by atoms with van der Waals surface area (Å²) in [6.07, 6.45) is 1.47. The lowest BCUT2D eigenvalue weighted by Crippen LogP contribution is -2.21. The molecule has 4 aromatic rings. The van der Waals surface area contributed by atoms with E-state index in [2.05, 4.69) is 18.9 Å². The Bertz CT molecular complexity index is 1630. The Morgan fingerprint density at radius 2 is 1.82 bits per heavy atom. The molecule has 1 aromatic heterocycles. The summed E-state index contributed by atoms with van der Waals surface area (Å²) in [6.45, 7) is 10.3. The van der Waals surface area contributed by atoms with Gasteiger partial charge in [0.15, 0.2) is 12.4 Å². The van der Waals surface area contributed by atoms with Crippen molar-refractivity contribution in [3.05, 3.63) is 86.7 Å². The minimum Gasteiger partial charge on any atom is -0.494 e. The highest BCUT2D eigenvalue weighted by Gasteiger charge is 2.19. The Balaban J connectivity index is 1.88. The van der Waals surface area contributed by atoms with Crippen LogP contribution in [-0.4, -0.2) is 41.7 Å². The zero-order chi connectivity index (χ0) is 28.8. The number of benzene rings is 3. The maximum atomic E-state index is 13.7. The van der Waals surface area contributed by atoms with Gasteiger partial charge in [-0.1, -0.05) is 37.6 Å². The summed E-state index contributed by atoms with van der Waals surface area (Å²) in [4.78, 5) is 30.5. The maximum absolute atomic E-state index is 13.7. The van der Waals surface area contributed by atoms with Crippen LogP contribution in [0.3, 0.4) is 0 Å². The van der Waals surface area contributed by atoms with Crippen molar-refractivity contribution in [2.75, 3.05) is 19.8 Å². The molecule has 0 atom stereocenters. The first-order valence-electron chi connectivity index (χ1n) is 13.1. The number of rotatable bonds is 10. The number of carbonyl (C=O) groups is 1. The lowest BCUT2D eigenvalue weighted by atomic mass is 9.96. The van der Waals surface area contributed by atoms with Crippen molar-refractivity contribution in [1.82, 2.24) is 9.66 Å². The van der Waals surface area contributed by atoms with Crippen molar-refractivity contribution in [3.63, 3.8) is 0 Å². The molecule has 0 unspecified atom stereocenters. The SMILES string of the molecule is CCOC(=O)COc1ccc(Cl)cc1C=Nn1c(-c2cc(C(C)C)c(OCC)cc2C)nc2ccccc2c1=O. The third-order valence-corrected chi connectivity index (χ3v) is 6.44. The van der Waals surface area contributed by atoms with Crippen molar-refractivity contribution in [2.24, 2.45) is 5.10 Å². The molecule has 0 bridgehead atoms. The first-order chi connectivity index (χ1) is 19.2. The van der Waals surface area contributed by atoms with Crippen LogP contribution in [0, 0.1) is 6.92 Å². The summed E-state index contributed by atoms with van der Waals surface area (Å²) in [5, 5.41) is 5.45. The van der Waals surface area contributed by atoms with Crippen molar-refractivity contribution in [3.8, 4) is 22.9 Å². The molecule has 0 amide bonds. The van der Waals surface area contributed by atoms with E-state index >= 15 is 0 Å². The van der Waals surface area contributed by atoms with Gasteiger partial charge in [0.1, 0.15) is 11.5 Å². The average Bonchev–Trinajstić information content (AvgIpc) is 2.92. The molecule has 0 aliphatic rings. The molecule has 0 N–H and O–H groups in total. The van der Waals surface area contributed by atoms with Crippen LogP contribution in [0.25, 0.3) is 22.3 Å². The number of para-hydroxylation sites is 1. The van der Waals surface area contributed by atoms with E-state index in [1.807, 2.05) is 32.0 Å². The Morgan fingerprint density at radius 3 is 2.55 bits per heavy atom. The number of aryl methyl sites for hydroxylation is 1. The number of carbonyl (C=O) groups excluding carboxylic acids is 1. The number of fused-ring (bicyclic) bond motifs is 1. The van der Waals surface area contributed by atoms with E-state index in [-0.39, 0.29) is 24.7 Å². The van der Waals surface area contributed by atoms with Gasteiger partial charge in [-0.25, -0.2) is 9.78 Å². The monoisotopic (exact) mass is 561 g/mol. The molecule has 0 aliphatic heterocycles. The minimum absolute atomic E-state index is 0.176. The van der Waals surface area contributed by atoms with Gasteiger partial charge in [-0.15, -0.1) is 0 Å². The van der Waals surface area contributed by atoms with Crippen LogP contribution in [0.2, 0.25) is 5.02 Å². The summed E-state index contributed by atoms with van der Waals surface area (Å²) in [5.74, 6) is 1.24. The molecule has 9 heteroatoms. The van der Waals surface area contributed by atoms with E-state index in [0.717, 1.165) is 22.4 Å². The zero-order valence-corrected chi connectivity index (χ0v) is 24.0. The van der Waals surface area contributed by atoms with E-state index in [9.17, 15) is 9.59 Å². The topological polar surface area (TPSA) is 92.0 Å². The lowest BCUT2D eigenvalue weighted by molar-refractivity contribution is -0.145. The third-order valence-electron chi connectivity index (χ3n) is 6.21. The molecule has 8 nitrogen and oxygen atoms in total. The van der Waals surface area contributed by atoms with Gasteiger partial charge in [-0.05, 0) is 80.3 Å². The van der Waals surface area contributed by atoms with Crippen molar-refractivity contribution in [1.29, 1.82) is 0 Å². The molecule has 1 heterocycles. The second-order valence-corrected chi connectivity index (χ2v) is 9.82. The predicted molar refractivity (Wildman–Crippen MR) is 158 cm³/mol. The largest absolute Gasteiger partial charge is 0.494 e. The second-order valence-electron chi connectivity index (χ2n) is 9.38. The Hall–Kier alpha value is -4.17. The predicted octanol–water partition coefficient (Wildman–Crippen LogP) is 6.37. The van der Waals surface area contributed by atoms with Crippen molar-refractivity contribution >= 4 is 34.7 Å². The molecular weight excluding hydrogens is 530 g/mol. The lowest BCUT2D eigenvalue weighted by Gasteiger charge is -2.18. The van der Waals surface area contributed by atoms with E-state index in [0.29, 0.717) is 39.7 Å². The highest BCUT2D eigenvalue weighted by atomic mass is 35.5. The molecular formula is C31H32ClN3O5. The summed E-state index contributed by atoms with van der Waals surface area (Å²) in [6, 6.07) is 16.1. The third kappa shape index (κ3) is 6.34. The first-order valence-corrected chi connectivity index (χ1v) is 13.5. The molecule has 4 rings (SSSR count). The molecule has 0 spiro atoms. The van der Waals surface area contributed by atoms with E-state index in [4.69, 9.17) is 30.8 Å². The molecule has 0 fully saturated rings. The van der Waals surface area contributed by atoms with Gasteiger partial charge < -0.3 is 14.2 Å². The number of ether oxygens (including phenoxy) is 3. The zero-order valence-electron chi connectivity index (χ0n) is 23.2. The van der Waals surface area contributed by atoms with E-state index < -0.39 is 5.97 Å². The summed E-state index contributed by atoms with van der Waals surface area (Å²) < 4.78 is 17.8. The molecule has 0 aliphatic carbocycles. The van der Waals surface area contributed by atoms with Crippen LogP contribution in [0.4, 0.5) is 0 Å². The highest BCUT2D eigenvalue weighted by molar-refractivity contribution is 6.30. The number of halogens is 1. The molecule has 3 aromatic carbocycles. The second kappa shape index (κ2) is 12.8. The highest BCUT2D eigenvalue weighted by Crippen LogP contribution is 2.34. The first kappa shape index (κ1) is 28.8. The van der Waals surface area contributed by atoms with Gasteiger partial charge >= 0.3 is 5.97 Å². The van der Waals surface area contributed by atoms with Gasteiger partial charge in [-0.2, -0.15) is 9.78 Å². The van der Waals surface area contributed by atoms with Crippen molar-refractivity contribution < 1.29 is 19.0 Å². The summed E-state index contributed by atoms with van der Waals surface area (Å²) in [7, 11) is 0. The Kier molecular flexibility index (Phi) is 9.22. The smallest absolute Gasteiger partial charge is 0.344 e. The molecule has 0 saturated heterocycles. The van der Waals surface area contributed by atoms with Crippen LogP contribution in [0.1, 0.15) is 50.3 Å². The van der Waals surface area contributed by atoms with Gasteiger partial charge in [0.05, 0.1) is 30.3 Å². The van der Waals surface area contributed by atoms with Gasteiger partial charge in [0.25, 0.3) is 5.56 Å². The molecule has 208 valence electrons. The summed E-state index contributed by atoms with van der Waals surface area (Å²) >= 11 is 6.25. The fourth-order valence-electron chi connectivity index (χ4n) is 4.29. The van der Waals surface area contributed by atoms with Crippen molar-refractivity contribution in [2.45, 2.75) is 40.5 Å². The number of aromatic nitrogens is 2. The van der Waals surface area contributed by atoms with Crippen LogP contribution in [-0.2, 0) is 9.53 Å². The van der Waals surface area contributed by atoms with Gasteiger partial charge in [0.2, 0.25) is 0 Å². The Morgan fingerprint density at radius 1 is 1.05 bits per heavy atom. The molecule has 0 saturated carbocycles. The Labute approximate surface area is 238 Å². The number of nitrogens with zero attached hydrogens (tertiary/aromatic N) is 3. The van der Waals surface area contributed by atoms with Crippen LogP contribution in [0.15, 0.2) is 64.5 Å². The van der Waals surface area contributed by atoms with Gasteiger partial charge in [-0.3, -0.25) is 4.79 Å². The summed E-state index contributed by atoms with van der Waals surface area (Å²) in [5.41, 5.74) is 3.37. The van der Waals surface area contributed by atoms with Crippen LogP contribution < -0.4 is 15.0 Å². The van der Waals surface area contributed by atoms with Gasteiger partial charge in [0, 0.05) is 16.1 Å². The molecule has 0 radical (unpaired) electrons.